The van der Waals surface area contributed by atoms with Crippen LogP contribution < -0.4 is 18.9 Å². The number of rotatable bonds is 2. The molecule has 1 aromatic rings. The molecule has 1 atom stereocenters. The predicted molar refractivity (Wildman–Crippen MR) is 63.1 cm³/mol. The summed E-state index contributed by atoms with van der Waals surface area (Å²) >= 11 is 0. The molecule has 1 fully saturated rings. The Labute approximate surface area is 108 Å². The predicted octanol–water partition coefficient (Wildman–Crippen LogP) is 0.287. The van der Waals surface area contributed by atoms with E-state index in [0.29, 0.717) is 5.92 Å². The van der Waals surface area contributed by atoms with Crippen LogP contribution in [0.1, 0.15) is 30.9 Å². The minimum atomic E-state index is 0. The van der Waals surface area contributed by atoms with Crippen LogP contribution in [-0.4, -0.2) is 6.21 Å². The van der Waals surface area contributed by atoms with Crippen molar-refractivity contribution in [2.24, 2.45) is 10.6 Å². The van der Waals surface area contributed by atoms with Gasteiger partial charge in [0.25, 0.3) is 0 Å². The summed E-state index contributed by atoms with van der Waals surface area (Å²) in [6, 6.07) is 7.92. The van der Waals surface area contributed by atoms with E-state index in [4.69, 9.17) is 0 Å². The fourth-order valence-electron chi connectivity index (χ4n) is 2.09. The number of hydrogen-bond acceptors (Lipinski definition) is 2. The Bertz CT molecular complexity index is 420. The summed E-state index contributed by atoms with van der Waals surface area (Å²) in [6.45, 7) is 8.46. The molecule has 1 unspecified atom stereocenters. The van der Waals surface area contributed by atoms with Crippen LogP contribution in [0.2, 0.25) is 0 Å². The van der Waals surface area contributed by atoms with Crippen LogP contribution in [0.5, 0.6) is 0 Å². The molecule has 1 saturated carbocycles. The molecular weight excluding hydrogens is 193 g/mol. The van der Waals surface area contributed by atoms with Crippen LogP contribution in [0, 0.1) is 10.6 Å². The molecule has 78 valence electrons. The second-order valence-electron chi connectivity index (χ2n) is 4.58. The fourth-order valence-corrected chi connectivity index (χ4v) is 2.09. The number of benzene rings is 1. The first-order valence-corrected chi connectivity index (χ1v) is 5.02. The topological polar surface area (TPSA) is 35.4 Å². The zero-order valence-electron chi connectivity index (χ0n) is 10.0. The third-order valence-electron chi connectivity index (χ3n) is 3.29. The second kappa shape index (κ2) is 4.49. The molecule has 3 heteroatoms. The summed E-state index contributed by atoms with van der Waals surface area (Å²) in [6.07, 6.45) is 1.32. The Kier molecular flexibility index (Phi) is 3.67. The third-order valence-corrected chi connectivity index (χ3v) is 3.29. The van der Waals surface area contributed by atoms with Crippen molar-refractivity contribution in [3.05, 3.63) is 52.8 Å². The number of allylic oxidation sites excluding steroid dienone is 1. The van der Waals surface area contributed by atoms with E-state index in [0.717, 1.165) is 5.56 Å². The normalized spacial score (nSPS) is 21.9. The van der Waals surface area contributed by atoms with E-state index < -0.39 is 0 Å². The maximum atomic E-state index is 10.0. The van der Waals surface area contributed by atoms with Gasteiger partial charge in [0.1, 0.15) is 0 Å². The molecule has 1 aliphatic rings. The summed E-state index contributed by atoms with van der Waals surface area (Å²) in [4.78, 5) is 0. The molecule has 0 aromatic heterocycles. The van der Waals surface area contributed by atoms with E-state index in [-0.39, 0.29) is 24.3 Å². The summed E-state index contributed by atoms with van der Waals surface area (Å²) in [5, 5.41) is 12.8. The van der Waals surface area contributed by atoms with Gasteiger partial charge in [-0.2, -0.15) is 0 Å². The summed E-state index contributed by atoms with van der Waals surface area (Å²) in [5.74, 6) is 0.468. The zero-order chi connectivity index (χ0) is 11.1. The van der Waals surface area contributed by atoms with Crippen molar-refractivity contribution >= 4 is 6.21 Å². The van der Waals surface area contributed by atoms with Gasteiger partial charge in [-0.25, -0.2) is 0 Å². The van der Waals surface area contributed by atoms with Gasteiger partial charge in [-0.15, -0.1) is 0 Å². The Morgan fingerprint density at radius 1 is 1.31 bits per heavy atom. The van der Waals surface area contributed by atoms with Gasteiger partial charge in [0.15, 0.2) is 0 Å². The minimum absolute atomic E-state index is 0. The average Bonchev–Trinajstić information content (AvgIpc) is 2.69. The quantitative estimate of drug-likeness (QED) is 0.297. The molecule has 16 heavy (non-hydrogen) atoms. The van der Waals surface area contributed by atoms with Crippen LogP contribution in [0.3, 0.4) is 0 Å². The molecule has 2 rings (SSSR count). The number of hydrogen-bond donors (Lipinski definition) is 0. The monoisotopic (exact) mass is 207 g/mol. The van der Waals surface area contributed by atoms with E-state index in [1.165, 1.54) is 17.4 Å². The van der Waals surface area contributed by atoms with Crippen molar-refractivity contribution in [1.29, 1.82) is 0 Å². The van der Waals surface area contributed by atoms with Gasteiger partial charge >= 0.3 is 18.9 Å². The Balaban J connectivity index is 0.00000128. The van der Waals surface area contributed by atoms with Crippen LogP contribution in [0.15, 0.2) is 41.6 Å². The van der Waals surface area contributed by atoms with E-state index in [1.54, 1.807) is 0 Å². The Hall–Kier alpha value is -0.973. The van der Waals surface area contributed by atoms with Gasteiger partial charge in [-0.05, 0) is 16.5 Å². The van der Waals surface area contributed by atoms with E-state index in [1.807, 2.05) is 24.3 Å². The van der Waals surface area contributed by atoms with Gasteiger partial charge in [0.2, 0.25) is 0 Å². The van der Waals surface area contributed by atoms with Crippen molar-refractivity contribution in [2.45, 2.75) is 19.8 Å². The van der Waals surface area contributed by atoms with Crippen LogP contribution in [-0.2, 0) is 0 Å². The van der Waals surface area contributed by atoms with Crippen molar-refractivity contribution < 1.29 is 18.9 Å². The first-order chi connectivity index (χ1) is 7.07. The summed E-state index contributed by atoms with van der Waals surface area (Å²) < 4.78 is 0. The fraction of sp³-hybridized carbons (Fsp3) is 0.308. The zero-order valence-corrected chi connectivity index (χ0v) is 10.0. The Morgan fingerprint density at radius 2 is 1.81 bits per heavy atom. The van der Waals surface area contributed by atoms with Gasteiger partial charge in [0, 0.05) is 12.1 Å². The molecule has 0 saturated heterocycles. The number of nitrogens with zero attached hydrogens (tertiary/aromatic N) is 1. The molecule has 0 radical (unpaired) electrons. The van der Waals surface area contributed by atoms with Crippen LogP contribution in [0.25, 0.3) is 0 Å². The van der Waals surface area contributed by atoms with Crippen LogP contribution in [0.4, 0.5) is 0 Å². The third kappa shape index (κ3) is 2.09. The summed E-state index contributed by atoms with van der Waals surface area (Å²) in [7, 11) is 0. The van der Waals surface area contributed by atoms with E-state index in [9.17, 15) is 5.21 Å². The van der Waals surface area contributed by atoms with Crippen LogP contribution >= 0.6 is 0 Å². The smallest absolute Gasteiger partial charge is 0.792 e. The molecule has 0 aliphatic heterocycles. The SMILES string of the molecule is C=C1C(c2ccc(/C=N/[O-])cc2)C1(C)C.[Li+]. The van der Waals surface area contributed by atoms with E-state index >= 15 is 0 Å². The van der Waals surface area contributed by atoms with Gasteiger partial charge in [-0.3, -0.25) is 0 Å². The maximum Gasteiger partial charge on any atom is 1.00 e. The van der Waals surface area contributed by atoms with Gasteiger partial charge in [0.05, 0.1) is 0 Å². The molecular formula is C13H14LiNO. The molecule has 2 nitrogen and oxygen atoms in total. The summed E-state index contributed by atoms with van der Waals surface area (Å²) in [5.41, 5.74) is 3.63. The van der Waals surface area contributed by atoms with Crippen molar-refractivity contribution in [1.82, 2.24) is 0 Å². The molecule has 1 aromatic carbocycles. The Morgan fingerprint density at radius 3 is 2.19 bits per heavy atom. The van der Waals surface area contributed by atoms with Crippen molar-refractivity contribution in [3.63, 3.8) is 0 Å². The van der Waals surface area contributed by atoms with Crippen molar-refractivity contribution in [2.75, 3.05) is 0 Å². The first kappa shape index (κ1) is 13.1. The molecule has 1 aliphatic carbocycles. The second-order valence-corrected chi connectivity index (χ2v) is 4.58. The van der Waals surface area contributed by atoms with Gasteiger partial charge < -0.3 is 10.4 Å². The molecule has 0 spiro atoms. The molecule has 0 bridgehead atoms. The molecule has 0 amide bonds. The van der Waals surface area contributed by atoms with Gasteiger partial charge in [-0.1, -0.05) is 50.3 Å². The standard InChI is InChI=1S/C13H15NO.Li/c1-9-12(13(9,2)3)11-6-4-10(5-7-11)8-14-15;/h4-8,12,15H,1H2,2-3H3;/q;+1/p-1/b14-8+;. The molecule has 0 heterocycles. The molecule has 0 N–H and O–H groups in total. The van der Waals surface area contributed by atoms with E-state index in [2.05, 4.69) is 25.6 Å². The average molecular weight is 207 g/mol. The minimum Gasteiger partial charge on any atom is -0.792 e. The maximum absolute atomic E-state index is 10.0. The van der Waals surface area contributed by atoms with Crippen molar-refractivity contribution in [3.8, 4) is 0 Å². The largest absolute Gasteiger partial charge is 1.00 e. The first-order valence-electron chi connectivity index (χ1n) is 5.02.